The minimum absolute atomic E-state index is 0.0859. The SMILES string of the molecule is COc1ccc(C)cc1NC(=O)[C@@H](NC(=O)c1ccccc1Br)C(C)C. The Morgan fingerprint density at radius 1 is 1.12 bits per heavy atom. The highest BCUT2D eigenvalue weighted by Crippen LogP contribution is 2.26. The van der Waals surface area contributed by atoms with E-state index in [9.17, 15) is 9.59 Å². The van der Waals surface area contributed by atoms with Crippen LogP contribution in [0.2, 0.25) is 0 Å². The van der Waals surface area contributed by atoms with E-state index >= 15 is 0 Å². The third kappa shape index (κ3) is 4.85. The summed E-state index contributed by atoms with van der Waals surface area (Å²) in [5.41, 5.74) is 2.07. The molecule has 2 rings (SSSR count). The number of methoxy groups -OCH3 is 1. The lowest BCUT2D eigenvalue weighted by Gasteiger charge is -2.22. The molecule has 0 heterocycles. The third-order valence-electron chi connectivity index (χ3n) is 3.97. The Morgan fingerprint density at radius 2 is 1.81 bits per heavy atom. The topological polar surface area (TPSA) is 67.4 Å². The zero-order valence-electron chi connectivity index (χ0n) is 15.3. The molecule has 2 amide bonds. The van der Waals surface area contributed by atoms with E-state index in [-0.39, 0.29) is 17.7 Å². The van der Waals surface area contributed by atoms with Gasteiger partial charge in [0.1, 0.15) is 11.8 Å². The van der Waals surface area contributed by atoms with Crippen molar-refractivity contribution in [2.45, 2.75) is 26.8 Å². The zero-order chi connectivity index (χ0) is 19.3. The molecule has 0 aliphatic rings. The van der Waals surface area contributed by atoms with E-state index in [1.807, 2.05) is 39.0 Å². The van der Waals surface area contributed by atoms with E-state index in [4.69, 9.17) is 4.74 Å². The third-order valence-corrected chi connectivity index (χ3v) is 4.66. The summed E-state index contributed by atoms with van der Waals surface area (Å²) in [6.07, 6.45) is 0. The average molecular weight is 419 g/mol. The van der Waals surface area contributed by atoms with Crippen molar-refractivity contribution in [3.8, 4) is 5.75 Å². The van der Waals surface area contributed by atoms with Crippen molar-refractivity contribution in [3.63, 3.8) is 0 Å². The first kappa shape index (κ1) is 20.0. The fourth-order valence-corrected chi connectivity index (χ4v) is 2.99. The van der Waals surface area contributed by atoms with Gasteiger partial charge in [-0.05, 0) is 58.6 Å². The number of carbonyl (C=O) groups is 2. The van der Waals surface area contributed by atoms with E-state index in [1.165, 1.54) is 0 Å². The van der Waals surface area contributed by atoms with Crippen molar-refractivity contribution in [2.24, 2.45) is 5.92 Å². The summed E-state index contributed by atoms with van der Waals surface area (Å²) in [7, 11) is 1.55. The van der Waals surface area contributed by atoms with Crippen LogP contribution in [0.25, 0.3) is 0 Å². The maximum Gasteiger partial charge on any atom is 0.253 e. The first-order valence-electron chi connectivity index (χ1n) is 8.34. The molecule has 0 spiro atoms. The van der Waals surface area contributed by atoms with Gasteiger partial charge in [-0.15, -0.1) is 0 Å². The van der Waals surface area contributed by atoms with Crippen molar-refractivity contribution in [1.82, 2.24) is 5.32 Å². The van der Waals surface area contributed by atoms with Crippen LogP contribution in [0, 0.1) is 12.8 Å². The van der Waals surface area contributed by atoms with Gasteiger partial charge in [0.2, 0.25) is 5.91 Å². The maximum absolute atomic E-state index is 12.8. The summed E-state index contributed by atoms with van der Waals surface area (Å²) in [5.74, 6) is -0.104. The molecule has 0 aliphatic carbocycles. The predicted molar refractivity (Wildman–Crippen MR) is 107 cm³/mol. The van der Waals surface area contributed by atoms with Crippen LogP contribution in [0.1, 0.15) is 29.8 Å². The Labute approximate surface area is 162 Å². The average Bonchev–Trinajstić information content (AvgIpc) is 2.59. The van der Waals surface area contributed by atoms with Gasteiger partial charge in [0.25, 0.3) is 5.91 Å². The van der Waals surface area contributed by atoms with Gasteiger partial charge in [-0.2, -0.15) is 0 Å². The molecule has 0 fully saturated rings. The monoisotopic (exact) mass is 418 g/mol. The van der Waals surface area contributed by atoms with Crippen LogP contribution in [-0.4, -0.2) is 25.0 Å². The summed E-state index contributed by atoms with van der Waals surface area (Å²) in [6.45, 7) is 5.71. The van der Waals surface area contributed by atoms with Crippen molar-refractivity contribution in [2.75, 3.05) is 12.4 Å². The summed E-state index contributed by atoms with van der Waals surface area (Å²) in [5, 5.41) is 5.69. The lowest BCUT2D eigenvalue weighted by atomic mass is 10.0. The Kier molecular flexibility index (Phi) is 6.80. The largest absolute Gasteiger partial charge is 0.495 e. The van der Waals surface area contributed by atoms with E-state index in [0.29, 0.717) is 21.5 Å². The van der Waals surface area contributed by atoms with Gasteiger partial charge in [-0.25, -0.2) is 0 Å². The van der Waals surface area contributed by atoms with E-state index in [2.05, 4.69) is 26.6 Å². The molecule has 0 aliphatic heterocycles. The van der Waals surface area contributed by atoms with Crippen LogP contribution < -0.4 is 15.4 Å². The minimum atomic E-state index is -0.681. The first-order chi connectivity index (χ1) is 12.3. The summed E-state index contributed by atoms with van der Waals surface area (Å²) in [6, 6.07) is 12.0. The quantitative estimate of drug-likeness (QED) is 0.739. The number of halogens is 1. The normalized spacial score (nSPS) is 11.8. The molecule has 26 heavy (non-hydrogen) atoms. The number of hydrogen-bond donors (Lipinski definition) is 2. The Hall–Kier alpha value is -2.34. The number of nitrogens with one attached hydrogen (secondary N) is 2. The molecule has 2 aromatic rings. The second-order valence-corrected chi connectivity index (χ2v) is 7.22. The highest BCUT2D eigenvalue weighted by atomic mass is 79.9. The number of hydrogen-bond acceptors (Lipinski definition) is 3. The summed E-state index contributed by atoms with van der Waals surface area (Å²) >= 11 is 3.36. The second kappa shape index (κ2) is 8.85. The highest BCUT2D eigenvalue weighted by molar-refractivity contribution is 9.10. The van der Waals surface area contributed by atoms with E-state index in [1.54, 1.807) is 31.4 Å². The van der Waals surface area contributed by atoms with Crippen LogP contribution in [0.15, 0.2) is 46.9 Å². The van der Waals surface area contributed by atoms with Crippen LogP contribution in [0.4, 0.5) is 5.69 Å². The van der Waals surface area contributed by atoms with E-state index < -0.39 is 6.04 Å². The molecule has 6 heteroatoms. The number of benzene rings is 2. The standard InChI is InChI=1S/C20H23BrN2O3/c1-12(2)18(23-19(24)14-7-5-6-8-15(14)21)20(25)22-16-11-13(3)9-10-17(16)26-4/h5-12,18H,1-4H3,(H,22,25)(H,23,24)/t18-/m0/s1. The highest BCUT2D eigenvalue weighted by Gasteiger charge is 2.26. The molecule has 138 valence electrons. The van der Waals surface area contributed by atoms with Gasteiger partial charge >= 0.3 is 0 Å². The molecule has 0 aromatic heterocycles. The molecule has 1 atom stereocenters. The lowest BCUT2D eigenvalue weighted by Crippen LogP contribution is -2.47. The Bertz CT molecular complexity index is 805. The van der Waals surface area contributed by atoms with Crippen LogP contribution >= 0.6 is 15.9 Å². The van der Waals surface area contributed by atoms with Gasteiger partial charge in [-0.1, -0.05) is 32.0 Å². The number of amides is 2. The maximum atomic E-state index is 12.8. The molecular weight excluding hydrogens is 396 g/mol. The van der Waals surface area contributed by atoms with Crippen molar-refractivity contribution < 1.29 is 14.3 Å². The molecule has 0 saturated carbocycles. The van der Waals surface area contributed by atoms with Gasteiger partial charge in [-0.3, -0.25) is 9.59 Å². The minimum Gasteiger partial charge on any atom is -0.495 e. The molecule has 5 nitrogen and oxygen atoms in total. The van der Waals surface area contributed by atoms with Crippen molar-refractivity contribution >= 4 is 33.4 Å². The number of rotatable bonds is 6. The smallest absolute Gasteiger partial charge is 0.253 e. The van der Waals surface area contributed by atoms with Crippen molar-refractivity contribution in [3.05, 3.63) is 58.1 Å². The molecule has 0 bridgehead atoms. The van der Waals surface area contributed by atoms with Gasteiger partial charge < -0.3 is 15.4 Å². The number of aryl methyl sites for hydroxylation is 1. The summed E-state index contributed by atoms with van der Waals surface area (Å²) in [4.78, 5) is 25.4. The second-order valence-electron chi connectivity index (χ2n) is 6.37. The fraction of sp³-hybridized carbons (Fsp3) is 0.300. The lowest BCUT2D eigenvalue weighted by molar-refractivity contribution is -0.118. The van der Waals surface area contributed by atoms with Gasteiger partial charge in [0, 0.05) is 4.47 Å². The van der Waals surface area contributed by atoms with Crippen LogP contribution in [-0.2, 0) is 4.79 Å². The zero-order valence-corrected chi connectivity index (χ0v) is 16.9. The molecule has 0 radical (unpaired) electrons. The molecular formula is C20H23BrN2O3. The van der Waals surface area contributed by atoms with Crippen LogP contribution in [0.3, 0.4) is 0 Å². The van der Waals surface area contributed by atoms with Crippen molar-refractivity contribution in [1.29, 1.82) is 0 Å². The molecule has 2 N–H and O–H groups in total. The van der Waals surface area contributed by atoms with Crippen LogP contribution in [0.5, 0.6) is 5.75 Å². The molecule has 2 aromatic carbocycles. The first-order valence-corrected chi connectivity index (χ1v) is 9.13. The Balaban J connectivity index is 2.19. The summed E-state index contributed by atoms with van der Waals surface area (Å²) < 4.78 is 5.98. The fourth-order valence-electron chi connectivity index (χ4n) is 2.53. The molecule has 0 saturated heterocycles. The van der Waals surface area contributed by atoms with Gasteiger partial charge in [0.15, 0.2) is 0 Å². The number of anilines is 1. The predicted octanol–water partition coefficient (Wildman–Crippen LogP) is 4.16. The van der Waals surface area contributed by atoms with Gasteiger partial charge in [0.05, 0.1) is 18.4 Å². The molecule has 0 unspecified atom stereocenters. The van der Waals surface area contributed by atoms with E-state index in [0.717, 1.165) is 5.56 Å². The Morgan fingerprint density at radius 3 is 2.42 bits per heavy atom. The number of carbonyl (C=O) groups excluding carboxylic acids is 2. The number of ether oxygens (including phenoxy) is 1.